The summed E-state index contributed by atoms with van der Waals surface area (Å²) < 4.78 is 21.5. The first-order chi connectivity index (χ1) is 13.2. The molecule has 0 aliphatic rings. The number of para-hydroxylation sites is 1. The molecule has 9 heteroatoms. The van der Waals surface area contributed by atoms with Crippen LogP contribution in [-0.2, 0) is 13.0 Å². The Labute approximate surface area is 183 Å². The van der Waals surface area contributed by atoms with Crippen molar-refractivity contribution in [2.24, 2.45) is 4.99 Å². The van der Waals surface area contributed by atoms with Crippen LogP contribution >= 0.6 is 24.0 Å². The predicted octanol–water partition coefficient (Wildman–Crippen LogP) is 3.01. The predicted molar refractivity (Wildman–Crippen MR) is 120 cm³/mol. The number of nitrogens with zero attached hydrogens (tertiary/aromatic N) is 4. The monoisotopic (exact) mass is 504 g/mol. The first-order valence-corrected chi connectivity index (χ1v) is 9.47. The van der Waals surface area contributed by atoms with Gasteiger partial charge in [0, 0.05) is 26.1 Å². The number of aromatic nitrogens is 3. The number of aliphatic imine (C=N–C) groups is 1. The fourth-order valence-corrected chi connectivity index (χ4v) is 2.54. The fourth-order valence-electron chi connectivity index (χ4n) is 2.54. The number of guanidine groups is 1. The van der Waals surface area contributed by atoms with Crippen LogP contribution in [0, 0.1) is 5.82 Å². The molecule has 1 aromatic carbocycles. The summed E-state index contributed by atoms with van der Waals surface area (Å²) >= 11 is 0. The molecule has 0 bridgehead atoms. The Morgan fingerprint density at radius 1 is 1.25 bits per heavy atom. The average Bonchev–Trinajstić information content (AvgIpc) is 3.13. The summed E-state index contributed by atoms with van der Waals surface area (Å²) in [4.78, 5) is 4.58. The van der Waals surface area contributed by atoms with Gasteiger partial charge in [-0.1, -0.05) is 26.0 Å². The molecule has 0 aliphatic heterocycles. The van der Waals surface area contributed by atoms with Crippen LogP contribution in [0.5, 0.6) is 5.75 Å². The maximum absolute atomic E-state index is 13.8. The molecule has 1 heterocycles. The van der Waals surface area contributed by atoms with Gasteiger partial charge in [-0.2, -0.15) is 0 Å². The third-order valence-corrected chi connectivity index (χ3v) is 4.04. The lowest BCUT2D eigenvalue weighted by molar-refractivity contribution is 0.196. The molecule has 2 rings (SSSR count). The first-order valence-electron chi connectivity index (χ1n) is 9.47. The van der Waals surface area contributed by atoms with Crippen LogP contribution in [0.3, 0.4) is 0 Å². The molecule has 1 aromatic heterocycles. The molecular weight excluding hydrogens is 474 g/mol. The minimum Gasteiger partial charge on any atom is -0.485 e. The van der Waals surface area contributed by atoms with Crippen molar-refractivity contribution < 1.29 is 9.13 Å². The minimum atomic E-state index is -0.356. The zero-order valence-corrected chi connectivity index (χ0v) is 19.0. The topological polar surface area (TPSA) is 76.4 Å². The number of rotatable bonds is 10. The lowest BCUT2D eigenvalue weighted by Gasteiger charge is -2.17. The summed E-state index contributed by atoms with van der Waals surface area (Å²) in [5, 5.41) is 14.5. The Morgan fingerprint density at radius 2 is 2.04 bits per heavy atom. The van der Waals surface area contributed by atoms with Crippen molar-refractivity contribution in [1.82, 2.24) is 25.4 Å². The molecule has 0 saturated heterocycles. The fraction of sp³-hybridized carbons (Fsp3) is 0.526. The van der Waals surface area contributed by atoms with Gasteiger partial charge in [0.2, 0.25) is 0 Å². The molecular formula is C19H30FIN6O. The molecule has 0 amide bonds. The van der Waals surface area contributed by atoms with Crippen LogP contribution < -0.4 is 15.4 Å². The molecule has 0 aliphatic carbocycles. The highest BCUT2D eigenvalue weighted by molar-refractivity contribution is 14.0. The van der Waals surface area contributed by atoms with Gasteiger partial charge in [-0.05, 0) is 25.5 Å². The summed E-state index contributed by atoms with van der Waals surface area (Å²) in [5.41, 5.74) is 0. The van der Waals surface area contributed by atoms with Gasteiger partial charge < -0.3 is 19.9 Å². The van der Waals surface area contributed by atoms with E-state index in [4.69, 9.17) is 4.74 Å². The number of aryl methyl sites for hydroxylation is 1. The molecule has 1 atom stereocenters. The van der Waals surface area contributed by atoms with Crippen molar-refractivity contribution in [3.05, 3.63) is 42.2 Å². The van der Waals surface area contributed by atoms with Gasteiger partial charge in [0.1, 0.15) is 18.3 Å². The third kappa shape index (κ3) is 7.61. The SMILES string of the molecule is CCNC(=NCC(CC)Oc1ccccc1F)NCCn1cnnc1CC.I. The van der Waals surface area contributed by atoms with Crippen molar-refractivity contribution in [3.63, 3.8) is 0 Å². The van der Waals surface area contributed by atoms with Crippen LogP contribution in [0.25, 0.3) is 0 Å². The third-order valence-electron chi connectivity index (χ3n) is 4.04. The van der Waals surface area contributed by atoms with E-state index in [0.29, 0.717) is 19.0 Å². The molecule has 1 unspecified atom stereocenters. The Bertz CT molecular complexity index is 724. The molecule has 2 N–H and O–H groups in total. The number of nitrogens with one attached hydrogen (secondary N) is 2. The number of hydrogen-bond donors (Lipinski definition) is 2. The summed E-state index contributed by atoms with van der Waals surface area (Å²) in [6.45, 7) is 8.71. The highest BCUT2D eigenvalue weighted by atomic mass is 127. The van der Waals surface area contributed by atoms with Crippen LogP contribution in [0.4, 0.5) is 4.39 Å². The molecule has 0 spiro atoms. The van der Waals surface area contributed by atoms with E-state index in [0.717, 1.165) is 31.8 Å². The second kappa shape index (κ2) is 13.3. The maximum atomic E-state index is 13.8. The zero-order chi connectivity index (χ0) is 19.5. The molecule has 0 saturated carbocycles. The van der Waals surface area contributed by atoms with E-state index in [1.165, 1.54) is 6.07 Å². The minimum absolute atomic E-state index is 0. The van der Waals surface area contributed by atoms with Gasteiger partial charge in [0.25, 0.3) is 0 Å². The van der Waals surface area contributed by atoms with Crippen molar-refractivity contribution >= 4 is 29.9 Å². The zero-order valence-electron chi connectivity index (χ0n) is 16.7. The van der Waals surface area contributed by atoms with Gasteiger partial charge in [-0.15, -0.1) is 34.2 Å². The van der Waals surface area contributed by atoms with E-state index in [-0.39, 0.29) is 41.6 Å². The van der Waals surface area contributed by atoms with Gasteiger partial charge >= 0.3 is 0 Å². The van der Waals surface area contributed by atoms with E-state index in [1.54, 1.807) is 24.5 Å². The Morgan fingerprint density at radius 3 is 2.71 bits per heavy atom. The highest BCUT2D eigenvalue weighted by Crippen LogP contribution is 2.18. The smallest absolute Gasteiger partial charge is 0.191 e. The summed E-state index contributed by atoms with van der Waals surface area (Å²) in [6, 6.07) is 6.44. The molecule has 7 nitrogen and oxygen atoms in total. The Balaban J connectivity index is 0.00000392. The van der Waals surface area contributed by atoms with Crippen LogP contribution in [-0.4, -0.2) is 46.5 Å². The quantitative estimate of drug-likeness (QED) is 0.296. The maximum Gasteiger partial charge on any atom is 0.191 e. The second-order valence-electron chi connectivity index (χ2n) is 6.02. The van der Waals surface area contributed by atoms with Crippen molar-refractivity contribution in [3.8, 4) is 5.75 Å². The summed E-state index contributed by atoms with van der Waals surface area (Å²) in [6.07, 6.45) is 3.12. The molecule has 0 radical (unpaired) electrons. The summed E-state index contributed by atoms with van der Waals surface area (Å²) in [7, 11) is 0. The van der Waals surface area contributed by atoms with Crippen molar-refractivity contribution in [2.75, 3.05) is 19.6 Å². The standard InChI is InChI=1S/C19H29FN6O.HI/c1-4-15(27-17-10-8-7-9-16(17)20)13-23-19(21-6-3)22-11-12-26-14-24-25-18(26)5-2;/h7-10,14-15H,4-6,11-13H2,1-3H3,(H2,21,22,23);1H. The van der Waals surface area contributed by atoms with Crippen LogP contribution in [0.1, 0.15) is 33.0 Å². The van der Waals surface area contributed by atoms with Crippen molar-refractivity contribution in [1.29, 1.82) is 0 Å². The van der Waals surface area contributed by atoms with Crippen molar-refractivity contribution in [2.45, 2.75) is 46.3 Å². The van der Waals surface area contributed by atoms with Crippen LogP contribution in [0.2, 0.25) is 0 Å². The summed E-state index contributed by atoms with van der Waals surface area (Å²) in [5.74, 6) is 1.57. The van der Waals surface area contributed by atoms with Gasteiger partial charge in [-0.25, -0.2) is 9.38 Å². The largest absolute Gasteiger partial charge is 0.485 e. The molecule has 156 valence electrons. The lowest BCUT2D eigenvalue weighted by atomic mass is 10.2. The molecule has 28 heavy (non-hydrogen) atoms. The number of ether oxygens (including phenoxy) is 1. The van der Waals surface area contributed by atoms with E-state index < -0.39 is 0 Å². The van der Waals surface area contributed by atoms with E-state index in [9.17, 15) is 4.39 Å². The average molecular weight is 504 g/mol. The normalized spacial score (nSPS) is 12.2. The second-order valence-corrected chi connectivity index (χ2v) is 6.02. The lowest BCUT2D eigenvalue weighted by Crippen LogP contribution is -2.39. The number of hydrogen-bond acceptors (Lipinski definition) is 4. The van der Waals surface area contributed by atoms with Gasteiger partial charge in [0.05, 0.1) is 6.54 Å². The van der Waals surface area contributed by atoms with Gasteiger partial charge in [-0.3, -0.25) is 0 Å². The van der Waals surface area contributed by atoms with E-state index >= 15 is 0 Å². The molecule has 0 fully saturated rings. The first kappa shape index (κ1) is 24.1. The van der Waals surface area contributed by atoms with E-state index in [2.05, 4.69) is 32.7 Å². The van der Waals surface area contributed by atoms with Crippen LogP contribution in [0.15, 0.2) is 35.6 Å². The Hall–Kier alpha value is -1.91. The van der Waals surface area contributed by atoms with E-state index in [1.807, 2.05) is 18.4 Å². The Kier molecular flexibility index (Phi) is 11.5. The van der Waals surface area contributed by atoms with Gasteiger partial charge in [0.15, 0.2) is 17.5 Å². The molecule has 2 aromatic rings. The number of halogens is 2. The highest BCUT2D eigenvalue weighted by Gasteiger charge is 2.11. The number of benzene rings is 1.